The van der Waals surface area contributed by atoms with Crippen LogP contribution in [-0.4, -0.2) is 55.0 Å². The van der Waals surface area contributed by atoms with Crippen LogP contribution < -0.4 is 4.74 Å². The van der Waals surface area contributed by atoms with Gasteiger partial charge in [0.05, 0.1) is 16.6 Å². The minimum absolute atomic E-state index is 0.00596. The standard InChI is InChI=1S/C16H22Cl2N2O2/c1-3-12(22-13-5-6-14(17)15(18)9-13)10-19(2)11-16(21)20-7-4-8-20/h5-6,9,12H,3-4,7-8,10-11H2,1-2H3. The van der Waals surface area contributed by atoms with Crippen LogP contribution in [0.1, 0.15) is 19.8 Å². The molecule has 1 unspecified atom stereocenters. The van der Waals surface area contributed by atoms with E-state index in [-0.39, 0.29) is 12.0 Å². The van der Waals surface area contributed by atoms with Crippen LogP contribution in [0.25, 0.3) is 0 Å². The van der Waals surface area contributed by atoms with Gasteiger partial charge in [-0.2, -0.15) is 0 Å². The fraction of sp³-hybridized carbons (Fsp3) is 0.562. The van der Waals surface area contributed by atoms with Crippen molar-refractivity contribution in [1.29, 1.82) is 0 Å². The van der Waals surface area contributed by atoms with E-state index < -0.39 is 0 Å². The second-order valence-electron chi connectivity index (χ2n) is 5.66. The minimum atomic E-state index is 0.00596. The second kappa shape index (κ2) is 8.04. The lowest BCUT2D eigenvalue weighted by atomic mass is 10.2. The number of amides is 1. The lowest BCUT2D eigenvalue weighted by Gasteiger charge is -2.33. The highest BCUT2D eigenvalue weighted by molar-refractivity contribution is 6.42. The first-order chi connectivity index (χ1) is 10.5. The SMILES string of the molecule is CCC(CN(C)CC(=O)N1CCC1)Oc1ccc(Cl)c(Cl)c1. The van der Waals surface area contributed by atoms with Crippen LogP contribution >= 0.6 is 23.2 Å². The van der Waals surface area contributed by atoms with E-state index in [1.807, 2.05) is 22.9 Å². The molecular weight excluding hydrogens is 323 g/mol. The first-order valence-corrected chi connectivity index (χ1v) is 8.33. The Balaban J connectivity index is 1.85. The summed E-state index contributed by atoms with van der Waals surface area (Å²) in [4.78, 5) is 15.8. The van der Waals surface area contributed by atoms with Gasteiger partial charge in [0.25, 0.3) is 0 Å². The number of likely N-dealkylation sites (tertiary alicyclic amines) is 1. The van der Waals surface area contributed by atoms with Crippen LogP contribution in [0.15, 0.2) is 18.2 Å². The average molecular weight is 345 g/mol. The maximum absolute atomic E-state index is 12.0. The maximum Gasteiger partial charge on any atom is 0.236 e. The highest BCUT2D eigenvalue weighted by Gasteiger charge is 2.22. The summed E-state index contributed by atoms with van der Waals surface area (Å²) in [5.74, 6) is 0.891. The molecule has 1 aromatic carbocycles. The molecule has 1 atom stereocenters. The summed E-state index contributed by atoms with van der Waals surface area (Å²) in [6, 6.07) is 5.25. The molecule has 2 rings (SSSR count). The molecule has 4 nitrogen and oxygen atoms in total. The molecule has 0 aromatic heterocycles. The predicted molar refractivity (Wildman–Crippen MR) is 89.9 cm³/mol. The van der Waals surface area contributed by atoms with Crippen molar-refractivity contribution in [3.63, 3.8) is 0 Å². The number of benzene rings is 1. The third-order valence-electron chi connectivity index (χ3n) is 3.78. The van der Waals surface area contributed by atoms with Crippen LogP contribution in [-0.2, 0) is 4.79 Å². The lowest BCUT2D eigenvalue weighted by molar-refractivity contribution is -0.135. The van der Waals surface area contributed by atoms with Crippen LogP contribution in [0.3, 0.4) is 0 Å². The summed E-state index contributed by atoms with van der Waals surface area (Å²) in [5.41, 5.74) is 0. The maximum atomic E-state index is 12.0. The molecule has 1 amide bonds. The Bertz CT molecular complexity index is 521. The largest absolute Gasteiger partial charge is 0.489 e. The van der Waals surface area contributed by atoms with E-state index in [2.05, 4.69) is 6.92 Å². The van der Waals surface area contributed by atoms with Crippen molar-refractivity contribution in [3.8, 4) is 5.75 Å². The Morgan fingerprint density at radius 3 is 2.64 bits per heavy atom. The molecular formula is C16H22Cl2N2O2. The van der Waals surface area contributed by atoms with Gasteiger partial charge in [0.1, 0.15) is 11.9 Å². The topological polar surface area (TPSA) is 32.8 Å². The van der Waals surface area contributed by atoms with Crippen molar-refractivity contribution in [3.05, 3.63) is 28.2 Å². The van der Waals surface area contributed by atoms with Gasteiger partial charge in [-0.05, 0) is 32.0 Å². The summed E-state index contributed by atoms with van der Waals surface area (Å²) in [6.07, 6.45) is 1.97. The van der Waals surface area contributed by atoms with Crippen molar-refractivity contribution < 1.29 is 9.53 Å². The van der Waals surface area contributed by atoms with Gasteiger partial charge < -0.3 is 9.64 Å². The van der Waals surface area contributed by atoms with Crippen molar-refractivity contribution in [1.82, 2.24) is 9.80 Å². The number of nitrogens with zero attached hydrogens (tertiary/aromatic N) is 2. The van der Waals surface area contributed by atoms with Gasteiger partial charge in [-0.3, -0.25) is 9.69 Å². The predicted octanol–water partition coefficient (Wildman–Crippen LogP) is 3.31. The lowest BCUT2D eigenvalue weighted by Crippen LogP contribution is -2.47. The second-order valence-corrected chi connectivity index (χ2v) is 6.47. The molecule has 0 N–H and O–H groups in total. The zero-order valence-electron chi connectivity index (χ0n) is 13.0. The summed E-state index contributed by atoms with van der Waals surface area (Å²) in [6.45, 7) is 4.97. The number of likely N-dealkylation sites (N-methyl/N-ethyl adjacent to an activating group) is 1. The molecule has 0 saturated carbocycles. The number of rotatable bonds is 7. The molecule has 1 aliphatic heterocycles. The fourth-order valence-electron chi connectivity index (χ4n) is 2.30. The van der Waals surface area contributed by atoms with Crippen LogP contribution in [0.2, 0.25) is 10.0 Å². The Kier molecular flexibility index (Phi) is 6.36. The summed E-state index contributed by atoms with van der Waals surface area (Å²) in [5, 5.41) is 0.995. The molecule has 0 spiro atoms. The highest BCUT2D eigenvalue weighted by Crippen LogP contribution is 2.27. The number of hydrogen-bond donors (Lipinski definition) is 0. The zero-order chi connectivity index (χ0) is 16.1. The van der Waals surface area contributed by atoms with E-state index >= 15 is 0 Å². The van der Waals surface area contributed by atoms with Crippen molar-refractivity contribution in [2.75, 3.05) is 33.2 Å². The van der Waals surface area contributed by atoms with Crippen LogP contribution in [0.5, 0.6) is 5.75 Å². The Hall–Kier alpha value is -0.970. The van der Waals surface area contributed by atoms with Gasteiger partial charge in [-0.1, -0.05) is 30.1 Å². The quantitative estimate of drug-likeness (QED) is 0.760. The van der Waals surface area contributed by atoms with Crippen molar-refractivity contribution in [2.24, 2.45) is 0 Å². The monoisotopic (exact) mass is 344 g/mol. The van der Waals surface area contributed by atoms with E-state index in [1.165, 1.54) is 0 Å². The van der Waals surface area contributed by atoms with E-state index in [4.69, 9.17) is 27.9 Å². The normalized spacial score (nSPS) is 15.6. The van der Waals surface area contributed by atoms with Gasteiger partial charge in [0.2, 0.25) is 5.91 Å². The average Bonchev–Trinajstić information content (AvgIpc) is 2.39. The van der Waals surface area contributed by atoms with Gasteiger partial charge >= 0.3 is 0 Å². The third kappa shape index (κ3) is 4.77. The molecule has 0 radical (unpaired) electrons. The van der Waals surface area contributed by atoms with Crippen LogP contribution in [0, 0.1) is 0 Å². The molecule has 1 fully saturated rings. The Morgan fingerprint density at radius 2 is 2.09 bits per heavy atom. The van der Waals surface area contributed by atoms with Gasteiger partial charge in [0.15, 0.2) is 0 Å². The van der Waals surface area contributed by atoms with E-state index in [0.29, 0.717) is 28.9 Å². The van der Waals surface area contributed by atoms with Crippen molar-refractivity contribution in [2.45, 2.75) is 25.9 Å². The molecule has 22 heavy (non-hydrogen) atoms. The summed E-state index contributed by atoms with van der Waals surface area (Å²) in [7, 11) is 1.94. The van der Waals surface area contributed by atoms with E-state index in [9.17, 15) is 4.79 Å². The number of ether oxygens (including phenoxy) is 1. The van der Waals surface area contributed by atoms with Gasteiger partial charge in [-0.15, -0.1) is 0 Å². The first-order valence-electron chi connectivity index (χ1n) is 7.57. The first kappa shape index (κ1) is 17.4. The van der Waals surface area contributed by atoms with Gasteiger partial charge in [-0.25, -0.2) is 0 Å². The smallest absolute Gasteiger partial charge is 0.236 e. The molecule has 0 bridgehead atoms. The number of carbonyl (C=O) groups excluding carboxylic acids is 1. The summed E-state index contributed by atoms with van der Waals surface area (Å²) < 4.78 is 5.94. The number of hydrogen-bond acceptors (Lipinski definition) is 3. The van der Waals surface area contributed by atoms with Gasteiger partial charge in [0, 0.05) is 25.7 Å². The number of halogens is 2. The molecule has 1 saturated heterocycles. The van der Waals surface area contributed by atoms with Crippen LogP contribution in [0.4, 0.5) is 0 Å². The molecule has 122 valence electrons. The van der Waals surface area contributed by atoms with Crippen molar-refractivity contribution >= 4 is 29.1 Å². The molecule has 0 aliphatic carbocycles. The minimum Gasteiger partial charge on any atom is -0.489 e. The Labute approximate surface area is 141 Å². The molecule has 6 heteroatoms. The fourth-order valence-corrected chi connectivity index (χ4v) is 2.59. The molecule has 1 heterocycles. The van der Waals surface area contributed by atoms with E-state index in [1.54, 1.807) is 12.1 Å². The zero-order valence-corrected chi connectivity index (χ0v) is 14.5. The number of carbonyl (C=O) groups is 1. The highest BCUT2D eigenvalue weighted by atomic mass is 35.5. The summed E-state index contributed by atoms with van der Waals surface area (Å²) >= 11 is 11.9. The molecule has 1 aliphatic rings. The molecule has 1 aromatic rings. The third-order valence-corrected chi connectivity index (χ3v) is 4.52. The Morgan fingerprint density at radius 1 is 1.36 bits per heavy atom. The van der Waals surface area contributed by atoms with E-state index in [0.717, 1.165) is 25.9 Å².